The minimum atomic E-state index is -4.74. The molecule has 0 saturated carbocycles. The van der Waals surface area contributed by atoms with Crippen molar-refractivity contribution in [3.63, 3.8) is 0 Å². The average Bonchev–Trinajstić information content (AvgIpc) is 2.34. The second kappa shape index (κ2) is 6.28. The van der Waals surface area contributed by atoms with Gasteiger partial charge in [0.1, 0.15) is 5.75 Å². The normalized spacial score (nSPS) is 11.1. The second-order valence-corrected chi connectivity index (χ2v) is 3.65. The number of hydrogen-bond acceptors (Lipinski definition) is 3. The molecule has 0 aliphatic carbocycles. The topological polar surface area (TPSA) is 38.3 Å². The summed E-state index contributed by atoms with van der Waals surface area (Å²) in [7, 11) is 1.78. The van der Waals surface area contributed by atoms with Crippen LogP contribution in [-0.4, -0.2) is 25.6 Å². The summed E-state index contributed by atoms with van der Waals surface area (Å²) in [4.78, 5) is 10.6. The molecule has 3 nitrogen and oxygen atoms in total. The number of nitrogens with one attached hydrogen (secondary N) is 1. The summed E-state index contributed by atoms with van der Waals surface area (Å²) in [5.41, 5.74) is 0.912. The number of hydrogen-bond donors (Lipinski definition) is 1. The van der Waals surface area contributed by atoms with E-state index >= 15 is 0 Å². The molecule has 0 saturated heterocycles. The number of ether oxygens (including phenoxy) is 1. The van der Waals surface area contributed by atoms with Gasteiger partial charge in [-0.25, -0.2) is 0 Å². The third kappa shape index (κ3) is 4.65. The molecule has 0 aromatic heterocycles. The minimum absolute atomic E-state index is 0.0477. The van der Waals surface area contributed by atoms with Gasteiger partial charge >= 0.3 is 6.18 Å². The molecule has 0 amide bonds. The highest BCUT2D eigenvalue weighted by atomic mass is 19.4. The fourth-order valence-corrected chi connectivity index (χ4v) is 1.28. The highest BCUT2D eigenvalue weighted by molar-refractivity contribution is 5.83. The smallest absolute Gasteiger partial charge is 0.449 e. The Kier molecular flexibility index (Phi) is 5.00. The van der Waals surface area contributed by atoms with Crippen molar-refractivity contribution in [3.05, 3.63) is 24.3 Å². The molecule has 0 aliphatic heterocycles. The summed E-state index contributed by atoms with van der Waals surface area (Å²) in [6.07, 6.45) is -5.24. The first-order valence-corrected chi connectivity index (χ1v) is 5.44. The maximum absolute atomic E-state index is 11.9. The molecule has 0 spiro atoms. The van der Waals surface area contributed by atoms with Crippen LogP contribution in [0.1, 0.15) is 12.8 Å². The Balaban J connectivity index is 2.27. The number of rotatable bonds is 6. The predicted octanol–water partition coefficient (Wildman–Crippen LogP) is 3.02. The van der Waals surface area contributed by atoms with E-state index in [2.05, 4.69) is 5.32 Å². The van der Waals surface area contributed by atoms with Gasteiger partial charge in [0.25, 0.3) is 0 Å². The van der Waals surface area contributed by atoms with E-state index in [1.165, 1.54) is 0 Å². The van der Waals surface area contributed by atoms with Gasteiger partial charge < -0.3 is 10.1 Å². The van der Waals surface area contributed by atoms with Crippen LogP contribution >= 0.6 is 0 Å². The molecule has 0 atom stereocenters. The van der Waals surface area contributed by atoms with Gasteiger partial charge in [0.05, 0.1) is 6.61 Å². The van der Waals surface area contributed by atoms with E-state index in [0.29, 0.717) is 5.75 Å². The molecule has 0 fully saturated rings. The zero-order valence-corrected chi connectivity index (χ0v) is 9.88. The lowest BCUT2D eigenvalue weighted by atomic mass is 10.2. The van der Waals surface area contributed by atoms with Crippen LogP contribution < -0.4 is 10.1 Å². The van der Waals surface area contributed by atoms with Gasteiger partial charge in [-0.05, 0) is 30.7 Å². The van der Waals surface area contributed by atoms with Gasteiger partial charge in [0, 0.05) is 19.2 Å². The number of Topliss-reactive ketones (excluding diaryl/α,β-unsaturated/α-hetero) is 1. The number of alkyl halides is 3. The average molecular weight is 261 g/mol. The Morgan fingerprint density at radius 2 is 1.89 bits per heavy atom. The largest absolute Gasteiger partial charge is 0.494 e. The van der Waals surface area contributed by atoms with Crippen LogP contribution in [0.5, 0.6) is 5.75 Å². The fraction of sp³-hybridized carbons (Fsp3) is 0.417. The number of ketones is 1. The minimum Gasteiger partial charge on any atom is -0.494 e. The molecule has 1 rings (SSSR count). The Morgan fingerprint density at radius 3 is 2.39 bits per heavy atom. The van der Waals surface area contributed by atoms with Crippen LogP contribution in [0.15, 0.2) is 24.3 Å². The van der Waals surface area contributed by atoms with Crippen LogP contribution in [0.2, 0.25) is 0 Å². The van der Waals surface area contributed by atoms with Crippen molar-refractivity contribution in [3.8, 4) is 5.75 Å². The quantitative estimate of drug-likeness (QED) is 0.800. The van der Waals surface area contributed by atoms with E-state index in [0.717, 1.165) is 5.69 Å². The number of halogens is 3. The third-order valence-corrected chi connectivity index (χ3v) is 2.28. The number of anilines is 1. The molecular weight excluding hydrogens is 247 g/mol. The highest BCUT2D eigenvalue weighted by Gasteiger charge is 2.37. The molecule has 1 N–H and O–H groups in total. The zero-order chi connectivity index (χ0) is 13.6. The highest BCUT2D eigenvalue weighted by Crippen LogP contribution is 2.19. The van der Waals surface area contributed by atoms with E-state index in [9.17, 15) is 18.0 Å². The van der Waals surface area contributed by atoms with Crippen LogP contribution in [-0.2, 0) is 4.79 Å². The summed E-state index contributed by atoms with van der Waals surface area (Å²) < 4.78 is 40.9. The van der Waals surface area contributed by atoms with E-state index < -0.39 is 18.4 Å². The third-order valence-electron chi connectivity index (χ3n) is 2.28. The second-order valence-electron chi connectivity index (χ2n) is 3.65. The number of carbonyl (C=O) groups excluding carboxylic acids is 1. The Bertz CT molecular complexity index is 387. The van der Waals surface area contributed by atoms with Gasteiger partial charge in [-0.3, -0.25) is 4.79 Å². The van der Waals surface area contributed by atoms with Crippen molar-refractivity contribution < 1.29 is 22.7 Å². The van der Waals surface area contributed by atoms with Crippen molar-refractivity contribution in [2.75, 3.05) is 19.0 Å². The van der Waals surface area contributed by atoms with Crippen LogP contribution in [0.4, 0.5) is 18.9 Å². The molecule has 18 heavy (non-hydrogen) atoms. The lowest BCUT2D eigenvalue weighted by Crippen LogP contribution is -2.22. The molecule has 100 valence electrons. The van der Waals surface area contributed by atoms with Crippen LogP contribution in [0.25, 0.3) is 0 Å². The number of benzene rings is 1. The molecule has 0 bridgehead atoms. The van der Waals surface area contributed by atoms with Gasteiger partial charge in [-0.2, -0.15) is 13.2 Å². The Labute approximate surface area is 103 Å². The summed E-state index contributed by atoms with van der Waals surface area (Å²) in [6, 6.07) is 6.99. The summed E-state index contributed by atoms with van der Waals surface area (Å²) in [5, 5.41) is 2.93. The van der Waals surface area contributed by atoms with Crippen molar-refractivity contribution >= 4 is 11.5 Å². The summed E-state index contributed by atoms with van der Waals surface area (Å²) >= 11 is 0. The van der Waals surface area contributed by atoms with Crippen molar-refractivity contribution in [2.45, 2.75) is 19.0 Å². The van der Waals surface area contributed by atoms with E-state index in [-0.39, 0.29) is 13.0 Å². The number of carbonyl (C=O) groups is 1. The predicted molar refractivity (Wildman–Crippen MR) is 61.8 cm³/mol. The molecule has 1 aromatic carbocycles. The van der Waals surface area contributed by atoms with Gasteiger partial charge in [-0.1, -0.05) is 0 Å². The van der Waals surface area contributed by atoms with Crippen LogP contribution in [0.3, 0.4) is 0 Å². The van der Waals surface area contributed by atoms with Gasteiger partial charge in [0.2, 0.25) is 5.78 Å². The molecule has 1 aromatic rings. The van der Waals surface area contributed by atoms with Crippen molar-refractivity contribution in [1.82, 2.24) is 0 Å². The zero-order valence-electron chi connectivity index (χ0n) is 9.88. The maximum atomic E-state index is 11.9. The molecule has 0 heterocycles. The first-order chi connectivity index (χ1) is 8.43. The molecule has 0 aliphatic rings. The Morgan fingerprint density at radius 1 is 1.28 bits per heavy atom. The first kappa shape index (κ1) is 14.3. The SMILES string of the molecule is CNc1ccc(OCCCC(=O)C(F)(F)F)cc1. The van der Waals surface area contributed by atoms with Gasteiger partial charge in [-0.15, -0.1) is 0 Å². The lowest BCUT2D eigenvalue weighted by Gasteiger charge is -2.08. The monoisotopic (exact) mass is 261 g/mol. The van der Waals surface area contributed by atoms with Crippen molar-refractivity contribution in [2.24, 2.45) is 0 Å². The molecule has 0 radical (unpaired) electrons. The first-order valence-electron chi connectivity index (χ1n) is 5.44. The molecule has 0 unspecified atom stereocenters. The summed E-state index contributed by atoms with van der Waals surface area (Å²) in [6.45, 7) is 0.0840. The van der Waals surface area contributed by atoms with Crippen LogP contribution in [0, 0.1) is 0 Å². The standard InChI is InChI=1S/C12H14F3NO2/c1-16-9-4-6-10(7-5-9)18-8-2-3-11(17)12(13,14)15/h4-7,16H,2-3,8H2,1H3. The van der Waals surface area contributed by atoms with Crippen molar-refractivity contribution in [1.29, 1.82) is 0 Å². The maximum Gasteiger partial charge on any atom is 0.449 e. The molecule has 6 heteroatoms. The Hall–Kier alpha value is -1.72. The van der Waals surface area contributed by atoms with Gasteiger partial charge in [0.15, 0.2) is 0 Å². The fourth-order valence-electron chi connectivity index (χ4n) is 1.28. The lowest BCUT2D eigenvalue weighted by molar-refractivity contribution is -0.171. The summed E-state index contributed by atoms with van der Waals surface area (Å²) in [5.74, 6) is -1.15. The van der Waals surface area contributed by atoms with E-state index in [4.69, 9.17) is 4.74 Å². The van der Waals surface area contributed by atoms with E-state index in [1.54, 1.807) is 31.3 Å². The van der Waals surface area contributed by atoms with E-state index in [1.807, 2.05) is 0 Å². The molecular formula is C12H14F3NO2.